The van der Waals surface area contributed by atoms with Gasteiger partial charge in [0.15, 0.2) is 5.43 Å². The number of fused-ring (bicyclic) bond motifs is 5. The fourth-order valence-electron chi connectivity index (χ4n) is 5.08. The van der Waals surface area contributed by atoms with Crippen LogP contribution < -0.4 is 5.43 Å². The first-order valence-electron chi connectivity index (χ1n) is 11.3. The largest absolute Gasteiger partial charge is 0.456 e. The van der Waals surface area contributed by atoms with E-state index in [-0.39, 0.29) is 5.43 Å². The number of hydrogen-bond acceptors (Lipinski definition) is 2. The van der Waals surface area contributed by atoms with Crippen LogP contribution in [0.4, 0.5) is 0 Å². The van der Waals surface area contributed by atoms with Crippen molar-refractivity contribution in [1.82, 2.24) is 4.57 Å². The third-order valence-corrected chi connectivity index (χ3v) is 6.62. The molecule has 0 aliphatic heterocycles. The molecule has 0 fully saturated rings. The van der Waals surface area contributed by atoms with Crippen molar-refractivity contribution in [1.29, 1.82) is 0 Å². The highest BCUT2D eigenvalue weighted by atomic mass is 16.3. The minimum absolute atomic E-state index is 0.0672. The second-order valence-corrected chi connectivity index (χ2v) is 8.52. The van der Waals surface area contributed by atoms with Gasteiger partial charge in [0.2, 0.25) is 0 Å². The zero-order valence-electron chi connectivity index (χ0n) is 18.2. The lowest BCUT2D eigenvalue weighted by atomic mass is 9.99. The minimum Gasteiger partial charge on any atom is -0.456 e. The first kappa shape index (κ1) is 18.9. The zero-order valence-corrected chi connectivity index (χ0v) is 18.2. The summed E-state index contributed by atoms with van der Waals surface area (Å²) in [5, 5.41) is 3.69. The molecular weight excluding hydrogens is 418 g/mol. The summed E-state index contributed by atoms with van der Waals surface area (Å²) >= 11 is 0. The van der Waals surface area contributed by atoms with Crippen LogP contribution in [0.1, 0.15) is 0 Å². The normalized spacial score (nSPS) is 11.6. The van der Waals surface area contributed by atoms with Crippen LogP contribution in [-0.4, -0.2) is 4.57 Å². The van der Waals surface area contributed by atoms with Gasteiger partial charge in [0.25, 0.3) is 0 Å². The highest BCUT2D eigenvalue weighted by Crippen LogP contribution is 2.37. The standard InChI is InChI=1S/C31H19NO2/c33-31-23-8-1-4-12-26(23)32(27-13-5-2-9-24(27)31)21-18-16-20(17-19-21)22-11-7-15-29-30(22)25-10-3-6-14-28(25)34-29/h1-19H. The molecule has 0 saturated carbocycles. The third-order valence-electron chi connectivity index (χ3n) is 6.62. The predicted octanol–water partition coefficient (Wildman–Crippen LogP) is 7.71. The van der Waals surface area contributed by atoms with Crippen molar-refractivity contribution < 1.29 is 4.42 Å². The van der Waals surface area contributed by atoms with Crippen LogP contribution in [0.25, 0.3) is 60.6 Å². The molecule has 0 radical (unpaired) electrons. The van der Waals surface area contributed by atoms with Gasteiger partial charge >= 0.3 is 0 Å². The second kappa shape index (κ2) is 7.19. The molecule has 160 valence electrons. The molecule has 2 aromatic heterocycles. The van der Waals surface area contributed by atoms with Crippen LogP contribution in [0.2, 0.25) is 0 Å². The maximum absolute atomic E-state index is 13.1. The Morgan fingerprint density at radius 2 is 1.12 bits per heavy atom. The SMILES string of the molecule is O=c1c2ccccc2n(-c2ccc(-c3cccc4oc5ccccc5c34)cc2)c2ccccc12. The number of nitrogens with zero attached hydrogens (tertiary/aromatic N) is 1. The van der Waals surface area contributed by atoms with E-state index < -0.39 is 0 Å². The van der Waals surface area contributed by atoms with Gasteiger partial charge < -0.3 is 8.98 Å². The highest BCUT2D eigenvalue weighted by Gasteiger charge is 2.14. The monoisotopic (exact) mass is 437 g/mol. The average molecular weight is 437 g/mol. The van der Waals surface area contributed by atoms with E-state index in [9.17, 15) is 4.79 Å². The molecular formula is C31H19NO2. The Kier molecular flexibility index (Phi) is 4.00. The van der Waals surface area contributed by atoms with Gasteiger partial charge in [-0.05, 0) is 59.7 Å². The number of aromatic nitrogens is 1. The Morgan fingerprint density at radius 3 is 1.82 bits per heavy atom. The van der Waals surface area contributed by atoms with Gasteiger partial charge in [0.1, 0.15) is 11.2 Å². The summed E-state index contributed by atoms with van der Waals surface area (Å²) in [5.74, 6) is 0. The van der Waals surface area contributed by atoms with Gasteiger partial charge in [-0.1, -0.05) is 66.7 Å². The van der Waals surface area contributed by atoms with E-state index in [4.69, 9.17) is 4.42 Å². The number of pyridine rings is 1. The molecule has 3 nitrogen and oxygen atoms in total. The quantitative estimate of drug-likeness (QED) is 0.260. The molecule has 0 aliphatic rings. The van der Waals surface area contributed by atoms with Crippen LogP contribution in [0.3, 0.4) is 0 Å². The zero-order chi connectivity index (χ0) is 22.6. The predicted molar refractivity (Wildman–Crippen MR) is 140 cm³/mol. The Labute approximate surface area is 195 Å². The van der Waals surface area contributed by atoms with Crippen molar-refractivity contribution in [2.45, 2.75) is 0 Å². The van der Waals surface area contributed by atoms with Crippen molar-refractivity contribution in [3.8, 4) is 16.8 Å². The molecule has 0 unspecified atom stereocenters. The molecule has 0 aliphatic carbocycles. The van der Waals surface area contributed by atoms with Gasteiger partial charge in [0.05, 0.1) is 11.0 Å². The molecule has 3 heteroatoms. The Morgan fingerprint density at radius 1 is 0.529 bits per heavy atom. The van der Waals surface area contributed by atoms with E-state index in [2.05, 4.69) is 41.0 Å². The molecule has 5 aromatic carbocycles. The van der Waals surface area contributed by atoms with E-state index >= 15 is 0 Å². The second-order valence-electron chi connectivity index (χ2n) is 8.52. The summed E-state index contributed by atoms with van der Waals surface area (Å²) in [6, 6.07) is 38.5. The van der Waals surface area contributed by atoms with E-state index in [0.29, 0.717) is 0 Å². The fraction of sp³-hybridized carbons (Fsp3) is 0. The number of furan rings is 1. The average Bonchev–Trinajstić information content (AvgIpc) is 3.28. The highest BCUT2D eigenvalue weighted by molar-refractivity contribution is 6.12. The van der Waals surface area contributed by atoms with E-state index in [0.717, 1.165) is 60.6 Å². The summed E-state index contributed by atoms with van der Waals surface area (Å²) in [7, 11) is 0. The van der Waals surface area contributed by atoms with Crippen molar-refractivity contribution in [2.24, 2.45) is 0 Å². The number of rotatable bonds is 2. The molecule has 0 spiro atoms. The third kappa shape index (κ3) is 2.67. The van der Waals surface area contributed by atoms with E-state index in [1.807, 2.05) is 78.9 Å². The maximum atomic E-state index is 13.1. The summed E-state index contributed by atoms with van der Waals surface area (Å²) in [6.07, 6.45) is 0. The number of hydrogen-bond donors (Lipinski definition) is 0. The lowest BCUT2D eigenvalue weighted by Gasteiger charge is -2.16. The van der Waals surface area contributed by atoms with Crippen LogP contribution in [0, 0.1) is 0 Å². The Hall–Kier alpha value is -4.63. The fourth-order valence-corrected chi connectivity index (χ4v) is 5.08. The van der Waals surface area contributed by atoms with Gasteiger partial charge in [-0.2, -0.15) is 0 Å². The molecule has 0 N–H and O–H groups in total. The van der Waals surface area contributed by atoms with Crippen LogP contribution >= 0.6 is 0 Å². The first-order valence-corrected chi connectivity index (χ1v) is 11.3. The van der Waals surface area contributed by atoms with Gasteiger partial charge in [-0.15, -0.1) is 0 Å². The van der Waals surface area contributed by atoms with Crippen molar-refractivity contribution in [3.05, 3.63) is 125 Å². The van der Waals surface area contributed by atoms with Gasteiger partial charge in [0, 0.05) is 27.2 Å². The molecule has 0 bridgehead atoms. The van der Waals surface area contributed by atoms with Crippen LogP contribution in [0.15, 0.2) is 124 Å². The molecule has 2 heterocycles. The van der Waals surface area contributed by atoms with Gasteiger partial charge in [-0.3, -0.25) is 4.79 Å². The summed E-state index contributed by atoms with van der Waals surface area (Å²) in [5.41, 5.74) is 6.94. The molecule has 7 rings (SSSR count). The molecule has 0 amide bonds. The van der Waals surface area contributed by atoms with Crippen LogP contribution in [-0.2, 0) is 0 Å². The Balaban J connectivity index is 1.47. The smallest absolute Gasteiger partial charge is 0.197 e. The maximum Gasteiger partial charge on any atom is 0.197 e. The van der Waals surface area contributed by atoms with Crippen molar-refractivity contribution >= 4 is 43.7 Å². The van der Waals surface area contributed by atoms with Crippen molar-refractivity contribution in [3.63, 3.8) is 0 Å². The molecule has 0 saturated heterocycles. The van der Waals surface area contributed by atoms with Crippen molar-refractivity contribution in [2.75, 3.05) is 0 Å². The van der Waals surface area contributed by atoms with E-state index in [1.54, 1.807) is 0 Å². The Bertz CT molecular complexity index is 1860. The van der Waals surface area contributed by atoms with Gasteiger partial charge in [-0.25, -0.2) is 0 Å². The lowest BCUT2D eigenvalue weighted by Crippen LogP contribution is -2.10. The van der Waals surface area contributed by atoms with E-state index in [1.165, 1.54) is 0 Å². The number of benzene rings is 5. The topological polar surface area (TPSA) is 35.1 Å². The molecule has 34 heavy (non-hydrogen) atoms. The summed E-state index contributed by atoms with van der Waals surface area (Å²) < 4.78 is 8.25. The lowest BCUT2D eigenvalue weighted by molar-refractivity contribution is 0.669. The molecule has 7 aromatic rings. The summed E-state index contributed by atoms with van der Waals surface area (Å²) in [4.78, 5) is 13.1. The minimum atomic E-state index is 0.0672. The van der Waals surface area contributed by atoms with Crippen LogP contribution in [0.5, 0.6) is 0 Å². The molecule has 0 atom stereocenters. The number of para-hydroxylation sites is 3. The first-order chi connectivity index (χ1) is 16.8. The summed E-state index contributed by atoms with van der Waals surface area (Å²) in [6.45, 7) is 0.